The summed E-state index contributed by atoms with van der Waals surface area (Å²) in [6, 6.07) is 24.7. The molecule has 0 radical (unpaired) electrons. The maximum Gasteiger partial charge on any atom is 0.302 e. The van der Waals surface area contributed by atoms with Crippen molar-refractivity contribution in [1.82, 2.24) is 4.90 Å². The van der Waals surface area contributed by atoms with Gasteiger partial charge in [-0.3, -0.25) is 14.5 Å². The molecule has 0 bridgehead atoms. The molecule has 1 heterocycles. The molecule has 4 rings (SSSR count). The average molecular weight is 450 g/mol. The van der Waals surface area contributed by atoms with Gasteiger partial charge in [-0.2, -0.15) is 0 Å². The van der Waals surface area contributed by atoms with Crippen LogP contribution in [0.15, 0.2) is 78.9 Å². The zero-order valence-corrected chi connectivity index (χ0v) is 18.5. The standard InChI is InChI=1S/C26H24ClNO4/c1-19(29)31-16-7-17-32-26(21-12-14-22(27)15-13-21)24-11-6-5-10-23(24)25(30)28(26)18-20-8-3-2-4-9-20/h2-6,8-15H,7,16-18H2,1H3. The molecule has 1 atom stereocenters. The number of nitrogens with zero attached hydrogens (tertiary/aromatic N) is 1. The van der Waals surface area contributed by atoms with Crippen LogP contribution in [0.5, 0.6) is 0 Å². The van der Waals surface area contributed by atoms with Crippen molar-refractivity contribution in [1.29, 1.82) is 0 Å². The summed E-state index contributed by atoms with van der Waals surface area (Å²) >= 11 is 6.16. The highest BCUT2D eigenvalue weighted by Gasteiger charge is 2.52. The number of benzene rings is 3. The number of carbonyl (C=O) groups excluding carboxylic acids is 2. The van der Waals surface area contributed by atoms with Crippen LogP contribution in [0.2, 0.25) is 5.02 Å². The van der Waals surface area contributed by atoms with E-state index in [4.69, 9.17) is 21.1 Å². The first-order valence-corrected chi connectivity index (χ1v) is 10.9. The van der Waals surface area contributed by atoms with Crippen molar-refractivity contribution in [3.8, 4) is 0 Å². The number of hydrogen-bond donors (Lipinski definition) is 0. The van der Waals surface area contributed by atoms with Crippen LogP contribution < -0.4 is 0 Å². The molecule has 0 aliphatic carbocycles. The predicted molar refractivity (Wildman–Crippen MR) is 122 cm³/mol. The number of halogens is 1. The molecule has 0 saturated carbocycles. The Kier molecular flexibility index (Phi) is 6.58. The SMILES string of the molecule is CC(=O)OCCCOC1(c2ccc(Cl)cc2)c2ccccc2C(=O)N1Cc1ccccc1. The lowest BCUT2D eigenvalue weighted by Gasteiger charge is -2.39. The number of fused-ring (bicyclic) bond motifs is 1. The number of esters is 1. The summed E-state index contributed by atoms with van der Waals surface area (Å²) in [5.41, 5.74) is 2.08. The summed E-state index contributed by atoms with van der Waals surface area (Å²) in [5, 5.41) is 0.603. The second kappa shape index (κ2) is 9.55. The minimum atomic E-state index is -1.12. The number of carbonyl (C=O) groups is 2. The first-order valence-electron chi connectivity index (χ1n) is 10.5. The quantitative estimate of drug-likeness (QED) is 0.352. The zero-order valence-electron chi connectivity index (χ0n) is 17.8. The maximum absolute atomic E-state index is 13.6. The molecule has 0 fully saturated rings. The van der Waals surface area contributed by atoms with Gasteiger partial charge in [-0.25, -0.2) is 0 Å². The van der Waals surface area contributed by atoms with Gasteiger partial charge in [-0.05, 0) is 23.8 Å². The Morgan fingerprint density at radius 1 is 0.938 bits per heavy atom. The normalized spacial score (nSPS) is 17.3. The van der Waals surface area contributed by atoms with Crippen LogP contribution in [0.3, 0.4) is 0 Å². The monoisotopic (exact) mass is 449 g/mol. The lowest BCUT2D eigenvalue weighted by molar-refractivity contribution is -0.143. The van der Waals surface area contributed by atoms with E-state index in [9.17, 15) is 9.59 Å². The first-order chi connectivity index (χ1) is 15.5. The largest absolute Gasteiger partial charge is 0.466 e. The third-order valence-electron chi connectivity index (χ3n) is 5.47. The van der Waals surface area contributed by atoms with Crippen LogP contribution in [-0.2, 0) is 26.5 Å². The number of amides is 1. The van der Waals surface area contributed by atoms with Gasteiger partial charge in [-0.15, -0.1) is 0 Å². The molecule has 0 spiro atoms. The minimum absolute atomic E-state index is 0.0978. The Labute approximate surface area is 192 Å². The van der Waals surface area contributed by atoms with Gasteiger partial charge in [0.2, 0.25) is 0 Å². The highest BCUT2D eigenvalue weighted by atomic mass is 35.5. The minimum Gasteiger partial charge on any atom is -0.466 e. The number of rotatable bonds is 8. The molecule has 1 aliphatic rings. The fourth-order valence-corrected chi connectivity index (χ4v) is 4.19. The molecular weight excluding hydrogens is 426 g/mol. The van der Waals surface area contributed by atoms with Gasteiger partial charge < -0.3 is 9.47 Å². The fraction of sp³-hybridized carbons (Fsp3) is 0.231. The lowest BCUT2D eigenvalue weighted by Crippen LogP contribution is -2.46. The molecule has 1 amide bonds. The van der Waals surface area contributed by atoms with Crippen molar-refractivity contribution in [2.75, 3.05) is 13.2 Å². The van der Waals surface area contributed by atoms with E-state index in [2.05, 4.69) is 0 Å². The second-order valence-corrected chi connectivity index (χ2v) is 8.05. The van der Waals surface area contributed by atoms with Crippen molar-refractivity contribution >= 4 is 23.5 Å². The van der Waals surface area contributed by atoms with Crippen LogP contribution in [0.25, 0.3) is 0 Å². The average Bonchev–Trinajstić information content (AvgIpc) is 3.03. The third-order valence-corrected chi connectivity index (χ3v) is 5.72. The van der Waals surface area contributed by atoms with Crippen LogP contribution in [-0.4, -0.2) is 30.0 Å². The van der Waals surface area contributed by atoms with E-state index < -0.39 is 5.72 Å². The second-order valence-electron chi connectivity index (χ2n) is 7.62. The molecule has 32 heavy (non-hydrogen) atoms. The molecule has 1 unspecified atom stereocenters. The van der Waals surface area contributed by atoms with Crippen LogP contribution in [0.4, 0.5) is 0 Å². The van der Waals surface area contributed by atoms with Crippen molar-refractivity contribution in [3.05, 3.63) is 106 Å². The van der Waals surface area contributed by atoms with Gasteiger partial charge >= 0.3 is 5.97 Å². The van der Waals surface area contributed by atoms with E-state index in [-0.39, 0.29) is 18.5 Å². The summed E-state index contributed by atoms with van der Waals surface area (Å²) in [6.07, 6.45) is 0.504. The summed E-state index contributed by atoms with van der Waals surface area (Å²) in [5.74, 6) is -0.427. The highest BCUT2D eigenvalue weighted by Crippen LogP contribution is 2.46. The Morgan fingerprint density at radius 3 is 2.34 bits per heavy atom. The Bertz CT molecular complexity index is 1100. The number of hydrogen-bond acceptors (Lipinski definition) is 4. The molecule has 1 aliphatic heterocycles. The zero-order chi connectivity index (χ0) is 22.6. The lowest BCUT2D eigenvalue weighted by atomic mass is 9.93. The Balaban J connectivity index is 1.78. The van der Waals surface area contributed by atoms with Crippen molar-refractivity contribution in [3.63, 3.8) is 0 Å². The van der Waals surface area contributed by atoms with Gasteiger partial charge in [0.15, 0.2) is 5.72 Å². The fourth-order valence-electron chi connectivity index (χ4n) is 4.07. The molecular formula is C26H24ClNO4. The molecule has 0 N–H and O–H groups in total. The molecule has 0 aromatic heterocycles. The predicted octanol–water partition coefficient (Wildman–Crippen LogP) is 5.17. The first kappa shape index (κ1) is 22.1. The third kappa shape index (κ3) is 4.27. The summed E-state index contributed by atoms with van der Waals surface area (Å²) < 4.78 is 11.6. The molecule has 0 saturated heterocycles. The van der Waals surface area contributed by atoms with Crippen LogP contribution in [0.1, 0.15) is 40.4 Å². The highest BCUT2D eigenvalue weighted by molar-refractivity contribution is 6.30. The van der Waals surface area contributed by atoms with Crippen LogP contribution >= 0.6 is 11.6 Å². The number of ether oxygens (including phenoxy) is 2. The van der Waals surface area contributed by atoms with Gasteiger partial charge in [0, 0.05) is 41.6 Å². The topological polar surface area (TPSA) is 55.8 Å². The summed E-state index contributed by atoms with van der Waals surface area (Å²) in [4.78, 5) is 26.5. The van der Waals surface area contributed by atoms with E-state index in [1.54, 1.807) is 17.0 Å². The summed E-state index contributed by atoms with van der Waals surface area (Å²) in [7, 11) is 0. The van der Waals surface area contributed by atoms with Gasteiger partial charge in [0.25, 0.3) is 5.91 Å². The van der Waals surface area contributed by atoms with Crippen molar-refractivity contribution in [2.24, 2.45) is 0 Å². The van der Waals surface area contributed by atoms with Crippen LogP contribution in [0, 0.1) is 0 Å². The Hall–Kier alpha value is -3.15. The molecule has 3 aromatic carbocycles. The van der Waals surface area contributed by atoms with E-state index in [0.29, 0.717) is 30.2 Å². The molecule has 3 aromatic rings. The van der Waals surface area contributed by atoms with Crippen molar-refractivity contribution < 1.29 is 19.1 Å². The molecule has 6 heteroatoms. The van der Waals surface area contributed by atoms with E-state index in [1.807, 2.05) is 66.7 Å². The van der Waals surface area contributed by atoms with Crippen molar-refractivity contribution in [2.45, 2.75) is 25.6 Å². The van der Waals surface area contributed by atoms with Gasteiger partial charge in [-0.1, -0.05) is 72.3 Å². The molecule has 5 nitrogen and oxygen atoms in total. The Morgan fingerprint density at radius 2 is 1.62 bits per heavy atom. The smallest absolute Gasteiger partial charge is 0.302 e. The van der Waals surface area contributed by atoms with E-state index >= 15 is 0 Å². The summed E-state index contributed by atoms with van der Waals surface area (Å²) in [6.45, 7) is 2.30. The van der Waals surface area contributed by atoms with Gasteiger partial charge in [0.1, 0.15) is 0 Å². The molecule has 164 valence electrons. The van der Waals surface area contributed by atoms with E-state index in [1.165, 1.54) is 6.92 Å². The van der Waals surface area contributed by atoms with Gasteiger partial charge in [0.05, 0.1) is 13.2 Å². The van der Waals surface area contributed by atoms with E-state index in [0.717, 1.165) is 16.7 Å². The maximum atomic E-state index is 13.6.